The number of amides is 1. The van der Waals surface area contributed by atoms with Crippen LogP contribution in [-0.2, 0) is 21.2 Å². The Morgan fingerprint density at radius 2 is 1.73 bits per heavy atom. The number of aryl methyl sites for hydroxylation is 1. The summed E-state index contributed by atoms with van der Waals surface area (Å²) >= 11 is 9.15. The zero-order chi connectivity index (χ0) is 19.2. The number of halogens is 2. The molecule has 26 heavy (non-hydrogen) atoms. The molecule has 0 aliphatic heterocycles. The fourth-order valence-corrected chi connectivity index (χ4v) is 3.61. The number of rotatable bonds is 8. The van der Waals surface area contributed by atoms with Crippen molar-refractivity contribution in [1.82, 2.24) is 5.32 Å². The van der Waals surface area contributed by atoms with Crippen molar-refractivity contribution in [3.8, 4) is 0 Å². The Hall–Kier alpha value is -1.57. The van der Waals surface area contributed by atoms with Crippen molar-refractivity contribution in [1.29, 1.82) is 0 Å². The second-order valence-electron chi connectivity index (χ2n) is 5.83. The Kier molecular flexibility index (Phi) is 7.49. The zero-order valence-corrected chi connectivity index (χ0v) is 17.4. The van der Waals surface area contributed by atoms with E-state index in [-0.39, 0.29) is 12.5 Å². The van der Waals surface area contributed by atoms with Crippen molar-refractivity contribution in [3.05, 3.63) is 63.6 Å². The summed E-state index contributed by atoms with van der Waals surface area (Å²) in [4.78, 5) is 12.2. The summed E-state index contributed by atoms with van der Waals surface area (Å²) < 4.78 is 26.0. The third kappa shape index (κ3) is 6.63. The molecule has 0 spiro atoms. The molecule has 0 atom stereocenters. The van der Waals surface area contributed by atoms with Gasteiger partial charge in [0, 0.05) is 16.0 Å². The van der Waals surface area contributed by atoms with Crippen LogP contribution in [-0.4, -0.2) is 33.7 Å². The fourth-order valence-electron chi connectivity index (χ4n) is 2.37. The Labute approximate surface area is 167 Å². The van der Waals surface area contributed by atoms with Gasteiger partial charge in [0.15, 0.2) is 0 Å². The molecule has 0 heterocycles. The van der Waals surface area contributed by atoms with Crippen molar-refractivity contribution in [2.45, 2.75) is 12.8 Å². The molecule has 5 nitrogen and oxygen atoms in total. The summed E-state index contributed by atoms with van der Waals surface area (Å²) in [5, 5.41) is 3.46. The van der Waals surface area contributed by atoms with Gasteiger partial charge in [0.05, 0.1) is 11.9 Å². The molecule has 2 aromatic carbocycles. The second kappa shape index (κ2) is 9.39. The smallest absolute Gasteiger partial charge is 0.240 e. The van der Waals surface area contributed by atoms with Crippen LogP contribution in [0.5, 0.6) is 0 Å². The molecule has 0 aromatic heterocycles. The number of carbonyl (C=O) groups is 1. The van der Waals surface area contributed by atoms with Gasteiger partial charge < -0.3 is 5.32 Å². The lowest BCUT2D eigenvalue weighted by atomic mass is 10.1. The van der Waals surface area contributed by atoms with E-state index >= 15 is 0 Å². The molecule has 0 saturated heterocycles. The number of benzene rings is 2. The monoisotopic (exact) mass is 458 g/mol. The molecule has 1 N–H and O–H groups in total. The van der Waals surface area contributed by atoms with Crippen molar-refractivity contribution in [3.63, 3.8) is 0 Å². The predicted molar refractivity (Wildman–Crippen MR) is 109 cm³/mol. The number of nitrogens with one attached hydrogen (secondary N) is 1. The molecule has 8 heteroatoms. The van der Waals surface area contributed by atoms with E-state index in [2.05, 4.69) is 21.2 Å². The zero-order valence-electron chi connectivity index (χ0n) is 14.3. The lowest BCUT2D eigenvalue weighted by molar-refractivity contribution is -0.119. The van der Waals surface area contributed by atoms with E-state index in [9.17, 15) is 13.2 Å². The molecule has 0 bridgehead atoms. The first kappa shape index (κ1) is 20.7. The maximum atomic E-state index is 12.2. The highest BCUT2D eigenvalue weighted by Crippen LogP contribution is 2.20. The van der Waals surface area contributed by atoms with Crippen LogP contribution in [0.2, 0.25) is 5.02 Å². The molecule has 2 aromatic rings. The number of sulfonamides is 1. The molecular formula is C18H20BrClN2O3S. The van der Waals surface area contributed by atoms with Crippen LogP contribution in [0.15, 0.2) is 53.0 Å². The number of nitrogens with zero attached hydrogens (tertiary/aromatic N) is 1. The number of hydrogen-bond donors (Lipinski definition) is 1. The van der Waals surface area contributed by atoms with Crippen LogP contribution in [0.3, 0.4) is 0 Å². The van der Waals surface area contributed by atoms with E-state index in [4.69, 9.17) is 11.6 Å². The molecule has 0 saturated carbocycles. The predicted octanol–water partition coefficient (Wildman–Crippen LogP) is 3.62. The normalized spacial score (nSPS) is 11.2. The Morgan fingerprint density at radius 1 is 1.12 bits per heavy atom. The first-order valence-electron chi connectivity index (χ1n) is 8.00. The van der Waals surface area contributed by atoms with Gasteiger partial charge in [-0.05, 0) is 54.8 Å². The van der Waals surface area contributed by atoms with Gasteiger partial charge >= 0.3 is 0 Å². The average molecular weight is 460 g/mol. The van der Waals surface area contributed by atoms with Gasteiger partial charge in [0.2, 0.25) is 15.9 Å². The molecule has 0 aliphatic rings. The van der Waals surface area contributed by atoms with Crippen LogP contribution >= 0.6 is 27.5 Å². The second-order valence-corrected chi connectivity index (χ2v) is 9.08. The van der Waals surface area contributed by atoms with Gasteiger partial charge in [-0.15, -0.1) is 0 Å². The van der Waals surface area contributed by atoms with Crippen LogP contribution in [0, 0.1) is 0 Å². The van der Waals surface area contributed by atoms with Gasteiger partial charge in [-0.25, -0.2) is 8.42 Å². The van der Waals surface area contributed by atoms with Crippen molar-refractivity contribution < 1.29 is 13.2 Å². The maximum absolute atomic E-state index is 12.2. The molecular weight excluding hydrogens is 440 g/mol. The van der Waals surface area contributed by atoms with Crippen molar-refractivity contribution in [2.24, 2.45) is 0 Å². The Bertz CT molecular complexity index is 840. The van der Waals surface area contributed by atoms with E-state index in [1.54, 1.807) is 24.3 Å². The van der Waals surface area contributed by atoms with Crippen LogP contribution in [0.25, 0.3) is 0 Å². The SMILES string of the molecule is CS(=O)(=O)N(CC(=O)NCCCc1ccc(Cl)cc1)c1ccc(Br)cc1. The quantitative estimate of drug-likeness (QED) is 0.613. The topological polar surface area (TPSA) is 66.5 Å². The summed E-state index contributed by atoms with van der Waals surface area (Å²) in [5.74, 6) is -0.338. The maximum Gasteiger partial charge on any atom is 0.240 e. The van der Waals surface area contributed by atoms with Gasteiger partial charge in [-0.3, -0.25) is 9.10 Å². The van der Waals surface area contributed by atoms with Crippen LogP contribution in [0.1, 0.15) is 12.0 Å². The minimum absolute atomic E-state index is 0.249. The molecule has 0 unspecified atom stereocenters. The summed E-state index contributed by atoms with van der Waals surface area (Å²) in [7, 11) is -3.56. The molecule has 0 radical (unpaired) electrons. The summed E-state index contributed by atoms with van der Waals surface area (Å²) in [6.45, 7) is 0.223. The third-order valence-electron chi connectivity index (χ3n) is 3.68. The van der Waals surface area contributed by atoms with Gasteiger partial charge in [0.25, 0.3) is 0 Å². The van der Waals surface area contributed by atoms with Gasteiger partial charge in [0.1, 0.15) is 6.54 Å². The van der Waals surface area contributed by atoms with E-state index < -0.39 is 10.0 Å². The molecule has 2 rings (SSSR count). The minimum atomic E-state index is -3.56. The van der Waals surface area contributed by atoms with Crippen LogP contribution < -0.4 is 9.62 Å². The number of hydrogen-bond acceptors (Lipinski definition) is 3. The molecule has 0 aliphatic carbocycles. The van der Waals surface area contributed by atoms with Crippen molar-refractivity contribution >= 4 is 49.1 Å². The minimum Gasteiger partial charge on any atom is -0.355 e. The Morgan fingerprint density at radius 3 is 2.31 bits per heavy atom. The summed E-state index contributed by atoms with van der Waals surface area (Å²) in [6.07, 6.45) is 2.65. The average Bonchev–Trinajstić information content (AvgIpc) is 2.58. The first-order chi connectivity index (χ1) is 12.3. The standard InChI is InChI=1S/C18H20BrClN2O3S/c1-26(24,25)22(17-10-6-15(19)7-11-17)13-18(23)21-12-2-3-14-4-8-16(20)9-5-14/h4-11H,2-3,12-13H2,1H3,(H,21,23). The molecule has 1 amide bonds. The molecule has 0 fully saturated rings. The van der Waals surface area contributed by atoms with E-state index in [0.29, 0.717) is 17.3 Å². The van der Waals surface area contributed by atoms with E-state index in [1.165, 1.54) is 0 Å². The largest absolute Gasteiger partial charge is 0.355 e. The summed E-state index contributed by atoms with van der Waals surface area (Å²) in [5.41, 5.74) is 1.59. The number of anilines is 1. The highest BCUT2D eigenvalue weighted by Gasteiger charge is 2.20. The molecule has 140 valence electrons. The lowest BCUT2D eigenvalue weighted by Gasteiger charge is -2.22. The lowest BCUT2D eigenvalue weighted by Crippen LogP contribution is -2.40. The highest BCUT2D eigenvalue weighted by atomic mass is 79.9. The number of carbonyl (C=O) groups excluding carboxylic acids is 1. The van der Waals surface area contributed by atoms with E-state index in [0.717, 1.165) is 33.4 Å². The Balaban J connectivity index is 1.87. The first-order valence-corrected chi connectivity index (χ1v) is 11.0. The van der Waals surface area contributed by atoms with Crippen LogP contribution in [0.4, 0.5) is 5.69 Å². The highest BCUT2D eigenvalue weighted by molar-refractivity contribution is 9.10. The van der Waals surface area contributed by atoms with Crippen molar-refractivity contribution in [2.75, 3.05) is 23.7 Å². The summed E-state index contributed by atoms with van der Waals surface area (Å²) in [6, 6.07) is 14.3. The third-order valence-corrected chi connectivity index (χ3v) is 5.60. The van der Waals surface area contributed by atoms with Gasteiger partial charge in [-0.1, -0.05) is 39.7 Å². The van der Waals surface area contributed by atoms with Gasteiger partial charge in [-0.2, -0.15) is 0 Å². The van der Waals surface area contributed by atoms with E-state index in [1.807, 2.05) is 24.3 Å². The fraction of sp³-hybridized carbons (Fsp3) is 0.278.